The predicted octanol–water partition coefficient (Wildman–Crippen LogP) is 2.80. The van der Waals surface area contributed by atoms with Crippen LogP contribution in [0.3, 0.4) is 0 Å². The van der Waals surface area contributed by atoms with Crippen molar-refractivity contribution in [3.05, 3.63) is 40.1 Å². The highest BCUT2D eigenvalue weighted by Gasteiger charge is 2.48. The Morgan fingerprint density at radius 2 is 1.79 bits per heavy atom. The van der Waals surface area contributed by atoms with Crippen molar-refractivity contribution >= 4 is 11.5 Å². The van der Waals surface area contributed by atoms with E-state index in [0.717, 1.165) is 22.3 Å². The van der Waals surface area contributed by atoms with Gasteiger partial charge >= 0.3 is 0 Å². The van der Waals surface area contributed by atoms with Gasteiger partial charge in [0.25, 0.3) is 5.91 Å². The fraction of sp³-hybridized carbons (Fsp3) is 0.526. The number of hydrogen-bond acceptors (Lipinski definition) is 4. The lowest BCUT2D eigenvalue weighted by Gasteiger charge is -2.38. The summed E-state index contributed by atoms with van der Waals surface area (Å²) in [4.78, 5) is 18.2. The molecule has 1 aromatic carbocycles. The number of piperidine rings is 1. The summed E-state index contributed by atoms with van der Waals surface area (Å²) >= 11 is 0. The SMILES string of the molecule is CCON1CCC2(CC1)NC(=O)C(c1c(C)cc(C)cc1C)=C2O. The number of nitrogens with zero attached hydrogens (tertiary/aromatic N) is 1. The first kappa shape index (κ1) is 17.0. The summed E-state index contributed by atoms with van der Waals surface area (Å²) in [5.74, 6) is 0.0196. The molecule has 2 aliphatic heterocycles. The van der Waals surface area contributed by atoms with Gasteiger partial charge in [-0.05, 0) is 57.2 Å². The number of nitrogens with one attached hydrogen (secondary N) is 1. The molecule has 2 N–H and O–H groups in total. The molecule has 3 rings (SSSR count). The molecular formula is C19H26N2O3. The first-order valence-corrected chi connectivity index (χ1v) is 8.60. The normalized spacial score (nSPS) is 20.8. The molecule has 0 saturated carbocycles. The zero-order valence-electron chi connectivity index (χ0n) is 14.9. The van der Waals surface area contributed by atoms with E-state index in [2.05, 4.69) is 17.4 Å². The Morgan fingerprint density at radius 1 is 1.21 bits per heavy atom. The van der Waals surface area contributed by atoms with Crippen LogP contribution in [0.25, 0.3) is 5.57 Å². The van der Waals surface area contributed by atoms with Gasteiger partial charge in [-0.15, -0.1) is 0 Å². The largest absolute Gasteiger partial charge is 0.509 e. The quantitative estimate of drug-likeness (QED) is 0.895. The Balaban J connectivity index is 1.98. The van der Waals surface area contributed by atoms with Crippen molar-refractivity contribution in [3.63, 3.8) is 0 Å². The molecule has 2 aliphatic rings. The van der Waals surface area contributed by atoms with Crippen molar-refractivity contribution in [2.24, 2.45) is 0 Å². The topological polar surface area (TPSA) is 61.8 Å². The van der Waals surface area contributed by atoms with Crippen molar-refractivity contribution in [2.75, 3.05) is 19.7 Å². The molecule has 0 aromatic heterocycles. The molecule has 1 amide bonds. The van der Waals surface area contributed by atoms with Gasteiger partial charge in [-0.2, -0.15) is 5.06 Å². The van der Waals surface area contributed by atoms with Crippen LogP contribution in [0, 0.1) is 20.8 Å². The molecule has 1 saturated heterocycles. The minimum Gasteiger partial charge on any atom is -0.509 e. The Hall–Kier alpha value is -1.85. The van der Waals surface area contributed by atoms with E-state index in [1.54, 1.807) is 0 Å². The summed E-state index contributed by atoms with van der Waals surface area (Å²) in [6, 6.07) is 4.11. The molecule has 24 heavy (non-hydrogen) atoms. The average molecular weight is 330 g/mol. The van der Waals surface area contributed by atoms with E-state index in [-0.39, 0.29) is 11.7 Å². The Kier molecular flexibility index (Phi) is 4.40. The molecular weight excluding hydrogens is 304 g/mol. The summed E-state index contributed by atoms with van der Waals surface area (Å²) in [6.07, 6.45) is 1.30. The summed E-state index contributed by atoms with van der Waals surface area (Å²) in [6.45, 7) is 10.00. The lowest BCUT2D eigenvalue weighted by Crippen LogP contribution is -2.52. The maximum atomic E-state index is 12.7. The van der Waals surface area contributed by atoms with Crippen LogP contribution >= 0.6 is 0 Å². The van der Waals surface area contributed by atoms with E-state index < -0.39 is 5.54 Å². The van der Waals surface area contributed by atoms with E-state index in [9.17, 15) is 9.90 Å². The van der Waals surface area contributed by atoms with Crippen LogP contribution in [0.1, 0.15) is 42.0 Å². The standard InChI is InChI=1S/C19H26N2O3/c1-5-24-21-8-6-19(7-9-21)17(22)16(18(23)20-19)15-13(3)10-12(2)11-14(15)4/h10-11,22H,5-9H2,1-4H3,(H,20,23). The molecule has 2 heterocycles. The number of hydrogen-bond donors (Lipinski definition) is 2. The van der Waals surface area contributed by atoms with Gasteiger partial charge in [0.05, 0.1) is 12.2 Å². The number of carbonyl (C=O) groups is 1. The van der Waals surface area contributed by atoms with E-state index in [0.29, 0.717) is 38.1 Å². The third-order valence-corrected chi connectivity index (χ3v) is 5.08. The van der Waals surface area contributed by atoms with Crippen LogP contribution in [0.2, 0.25) is 0 Å². The minimum absolute atomic E-state index is 0.174. The first-order chi connectivity index (χ1) is 11.4. The van der Waals surface area contributed by atoms with Gasteiger partial charge in [-0.3, -0.25) is 9.63 Å². The molecule has 1 aromatic rings. The number of aliphatic hydroxyl groups excluding tert-OH is 1. The van der Waals surface area contributed by atoms with Gasteiger partial charge in [0.15, 0.2) is 0 Å². The average Bonchev–Trinajstić information content (AvgIpc) is 2.74. The highest BCUT2D eigenvalue weighted by atomic mass is 16.7. The van der Waals surface area contributed by atoms with Crippen molar-refractivity contribution in [1.82, 2.24) is 10.4 Å². The molecule has 0 atom stereocenters. The second-order valence-electron chi connectivity index (χ2n) is 6.88. The predicted molar refractivity (Wildman–Crippen MR) is 93.5 cm³/mol. The fourth-order valence-corrected chi connectivity index (χ4v) is 4.03. The van der Waals surface area contributed by atoms with Gasteiger partial charge in [0.2, 0.25) is 0 Å². The number of amides is 1. The van der Waals surface area contributed by atoms with E-state index in [1.165, 1.54) is 0 Å². The fourth-order valence-electron chi connectivity index (χ4n) is 4.03. The molecule has 130 valence electrons. The van der Waals surface area contributed by atoms with Crippen LogP contribution in [-0.4, -0.2) is 41.3 Å². The lowest BCUT2D eigenvalue weighted by atomic mass is 9.85. The van der Waals surface area contributed by atoms with Gasteiger partial charge in [-0.25, -0.2) is 0 Å². The van der Waals surface area contributed by atoms with Crippen molar-refractivity contribution in [1.29, 1.82) is 0 Å². The molecule has 0 bridgehead atoms. The Bertz CT molecular complexity index is 678. The van der Waals surface area contributed by atoms with Crippen LogP contribution in [0.15, 0.2) is 17.9 Å². The molecule has 0 aliphatic carbocycles. The first-order valence-electron chi connectivity index (χ1n) is 8.60. The highest BCUT2D eigenvalue weighted by Crippen LogP contribution is 2.40. The molecule has 1 spiro atoms. The van der Waals surface area contributed by atoms with Crippen molar-refractivity contribution < 1.29 is 14.7 Å². The van der Waals surface area contributed by atoms with Gasteiger partial charge in [-0.1, -0.05) is 17.7 Å². The number of hydroxylamine groups is 2. The van der Waals surface area contributed by atoms with E-state index >= 15 is 0 Å². The van der Waals surface area contributed by atoms with Gasteiger partial charge < -0.3 is 10.4 Å². The maximum Gasteiger partial charge on any atom is 0.256 e. The third-order valence-electron chi connectivity index (χ3n) is 5.08. The molecule has 0 radical (unpaired) electrons. The summed E-state index contributed by atoms with van der Waals surface area (Å²) < 4.78 is 0. The molecule has 0 unspecified atom stereocenters. The second-order valence-corrected chi connectivity index (χ2v) is 6.88. The number of benzene rings is 1. The monoisotopic (exact) mass is 330 g/mol. The van der Waals surface area contributed by atoms with Crippen LogP contribution in [-0.2, 0) is 9.63 Å². The van der Waals surface area contributed by atoms with E-state index in [4.69, 9.17) is 4.84 Å². The van der Waals surface area contributed by atoms with Crippen molar-refractivity contribution in [3.8, 4) is 0 Å². The number of aryl methyl sites for hydroxylation is 3. The summed E-state index contributed by atoms with van der Waals surface area (Å²) in [5.41, 5.74) is 3.85. The zero-order valence-corrected chi connectivity index (χ0v) is 14.9. The molecule has 5 heteroatoms. The summed E-state index contributed by atoms with van der Waals surface area (Å²) in [5, 5.41) is 15.9. The lowest BCUT2D eigenvalue weighted by molar-refractivity contribution is -0.172. The van der Waals surface area contributed by atoms with Gasteiger partial charge in [0, 0.05) is 13.1 Å². The molecule has 1 fully saturated rings. The number of carbonyl (C=O) groups excluding carboxylic acids is 1. The maximum absolute atomic E-state index is 12.7. The van der Waals surface area contributed by atoms with Crippen LogP contribution in [0.5, 0.6) is 0 Å². The molecule has 5 nitrogen and oxygen atoms in total. The highest BCUT2D eigenvalue weighted by molar-refractivity contribution is 6.24. The second kappa shape index (κ2) is 6.22. The van der Waals surface area contributed by atoms with Crippen LogP contribution < -0.4 is 5.32 Å². The number of rotatable bonds is 3. The smallest absolute Gasteiger partial charge is 0.256 e. The minimum atomic E-state index is -0.649. The number of aliphatic hydroxyl groups is 1. The van der Waals surface area contributed by atoms with Crippen LogP contribution in [0.4, 0.5) is 0 Å². The van der Waals surface area contributed by atoms with Crippen molar-refractivity contribution in [2.45, 2.75) is 46.1 Å². The van der Waals surface area contributed by atoms with E-state index in [1.807, 2.05) is 32.8 Å². The Morgan fingerprint density at radius 3 is 2.33 bits per heavy atom. The summed E-state index contributed by atoms with van der Waals surface area (Å²) in [7, 11) is 0. The van der Waals surface area contributed by atoms with Gasteiger partial charge in [0.1, 0.15) is 11.3 Å². The zero-order chi connectivity index (χ0) is 17.5. The Labute approximate surface area is 143 Å². The third kappa shape index (κ3) is 2.72.